The summed E-state index contributed by atoms with van der Waals surface area (Å²) in [6.45, 7) is 2.67. The quantitative estimate of drug-likeness (QED) is 0.738. The van der Waals surface area contributed by atoms with E-state index in [0.717, 1.165) is 24.1 Å². The van der Waals surface area contributed by atoms with Crippen LogP contribution in [0.3, 0.4) is 0 Å². The zero-order chi connectivity index (χ0) is 14.1. The van der Waals surface area contributed by atoms with Crippen LogP contribution in [0.15, 0.2) is 28.6 Å². The van der Waals surface area contributed by atoms with Crippen LogP contribution in [-0.2, 0) is 26.4 Å². The number of fused-ring (bicyclic) bond motifs is 1. The lowest BCUT2D eigenvalue weighted by molar-refractivity contribution is 0.660. The first kappa shape index (κ1) is 13.1. The normalized spacial score (nSPS) is 11.3. The first-order valence-electron chi connectivity index (χ1n) is 6.64. The summed E-state index contributed by atoms with van der Waals surface area (Å²) in [6.07, 6.45) is 3.27. The van der Waals surface area contributed by atoms with Gasteiger partial charge in [0.2, 0.25) is 0 Å². The topological polar surface area (TPSA) is 52.7 Å². The summed E-state index contributed by atoms with van der Waals surface area (Å²) in [5.74, 6) is 0. The molecule has 3 aromatic rings. The number of aryl methyl sites for hydroxylation is 4. The van der Waals surface area contributed by atoms with Gasteiger partial charge in [-0.2, -0.15) is 5.10 Å². The molecule has 5 nitrogen and oxygen atoms in total. The second-order valence-corrected chi connectivity index (χ2v) is 5.73. The summed E-state index contributed by atoms with van der Waals surface area (Å²) in [5, 5.41) is 6.41. The average molecular weight is 288 g/mol. The lowest BCUT2D eigenvalue weighted by atomic mass is 10.3. The fourth-order valence-corrected chi connectivity index (χ4v) is 3.04. The Morgan fingerprint density at radius 3 is 2.95 bits per heavy atom. The Balaban J connectivity index is 1.99. The van der Waals surface area contributed by atoms with Crippen molar-refractivity contribution in [2.45, 2.75) is 26.3 Å². The summed E-state index contributed by atoms with van der Waals surface area (Å²) in [5.41, 5.74) is 2.19. The maximum Gasteiger partial charge on any atom is 0.279 e. The maximum absolute atomic E-state index is 12.5. The van der Waals surface area contributed by atoms with Crippen molar-refractivity contribution in [2.24, 2.45) is 7.05 Å². The van der Waals surface area contributed by atoms with Crippen LogP contribution in [0.1, 0.15) is 17.5 Å². The monoisotopic (exact) mass is 288 g/mol. The van der Waals surface area contributed by atoms with E-state index in [-0.39, 0.29) is 5.56 Å². The molecule has 3 rings (SSSR count). The summed E-state index contributed by atoms with van der Waals surface area (Å²) in [4.78, 5) is 18.2. The van der Waals surface area contributed by atoms with Gasteiger partial charge in [0.05, 0.1) is 12.0 Å². The molecule has 0 aliphatic heterocycles. The standard InChI is InChI=1S/C14H16N4OS/c1-3-11-12-13(17(2)16-11)14(19)18(9-15-12)7-6-10-5-4-8-20-10/h4-5,8-9H,3,6-7H2,1-2H3. The molecule has 0 atom stereocenters. The van der Waals surface area contributed by atoms with Crippen LogP contribution in [0.4, 0.5) is 0 Å². The van der Waals surface area contributed by atoms with Crippen molar-refractivity contribution < 1.29 is 0 Å². The minimum absolute atomic E-state index is 0.0127. The third-order valence-electron chi connectivity index (χ3n) is 3.40. The van der Waals surface area contributed by atoms with Crippen molar-refractivity contribution in [1.82, 2.24) is 19.3 Å². The van der Waals surface area contributed by atoms with Crippen LogP contribution in [-0.4, -0.2) is 19.3 Å². The molecule has 0 radical (unpaired) electrons. The third-order valence-corrected chi connectivity index (χ3v) is 4.33. The number of rotatable bonds is 4. The second kappa shape index (κ2) is 5.20. The SMILES string of the molecule is CCc1nn(C)c2c(=O)n(CCc3cccs3)cnc12. The minimum Gasteiger partial charge on any atom is -0.297 e. The van der Waals surface area contributed by atoms with Crippen molar-refractivity contribution in [1.29, 1.82) is 0 Å². The Labute approximate surface area is 120 Å². The molecule has 0 aliphatic rings. The molecule has 20 heavy (non-hydrogen) atoms. The van der Waals surface area contributed by atoms with E-state index in [9.17, 15) is 4.79 Å². The second-order valence-electron chi connectivity index (χ2n) is 4.69. The Bertz CT molecular complexity index is 785. The molecule has 104 valence electrons. The van der Waals surface area contributed by atoms with Crippen LogP contribution < -0.4 is 5.56 Å². The van der Waals surface area contributed by atoms with Gasteiger partial charge < -0.3 is 0 Å². The van der Waals surface area contributed by atoms with Crippen molar-refractivity contribution in [3.05, 3.63) is 44.8 Å². The summed E-state index contributed by atoms with van der Waals surface area (Å²) >= 11 is 1.71. The largest absolute Gasteiger partial charge is 0.297 e. The molecule has 3 aromatic heterocycles. The first-order valence-corrected chi connectivity index (χ1v) is 7.52. The smallest absolute Gasteiger partial charge is 0.279 e. The minimum atomic E-state index is -0.0127. The van der Waals surface area contributed by atoms with Crippen LogP contribution in [0.5, 0.6) is 0 Å². The number of thiophene rings is 1. The van der Waals surface area contributed by atoms with Gasteiger partial charge in [-0.25, -0.2) is 4.98 Å². The van der Waals surface area contributed by atoms with Crippen molar-refractivity contribution in [3.63, 3.8) is 0 Å². The van der Waals surface area contributed by atoms with Crippen molar-refractivity contribution >= 4 is 22.4 Å². The molecule has 0 spiro atoms. The van der Waals surface area contributed by atoms with E-state index in [4.69, 9.17) is 0 Å². The van der Waals surface area contributed by atoms with E-state index in [2.05, 4.69) is 16.1 Å². The number of hydrogen-bond donors (Lipinski definition) is 0. The zero-order valence-electron chi connectivity index (χ0n) is 11.5. The molecule has 0 aromatic carbocycles. The molecule has 0 fully saturated rings. The molecule has 0 unspecified atom stereocenters. The molecular formula is C14H16N4OS. The molecule has 0 saturated heterocycles. The molecule has 0 amide bonds. The molecule has 3 heterocycles. The predicted molar refractivity (Wildman–Crippen MR) is 80.2 cm³/mol. The average Bonchev–Trinajstić information content (AvgIpc) is 3.06. The van der Waals surface area contributed by atoms with Gasteiger partial charge in [0.25, 0.3) is 5.56 Å². The van der Waals surface area contributed by atoms with E-state index >= 15 is 0 Å². The lowest BCUT2D eigenvalue weighted by Crippen LogP contribution is -2.23. The summed E-state index contributed by atoms with van der Waals surface area (Å²) < 4.78 is 3.31. The van der Waals surface area contributed by atoms with Gasteiger partial charge in [-0.05, 0) is 24.3 Å². The summed E-state index contributed by atoms with van der Waals surface area (Å²) in [6, 6.07) is 4.11. The van der Waals surface area contributed by atoms with Crippen LogP contribution in [0, 0.1) is 0 Å². The number of nitrogens with zero attached hydrogens (tertiary/aromatic N) is 4. The fraction of sp³-hybridized carbons (Fsp3) is 0.357. The van der Waals surface area contributed by atoms with Crippen molar-refractivity contribution in [3.8, 4) is 0 Å². The molecule has 0 aliphatic carbocycles. The fourth-order valence-electron chi connectivity index (χ4n) is 2.34. The molecular weight excluding hydrogens is 272 g/mol. The highest BCUT2D eigenvalue weighted by Gasteiger charge is 2.13. The van der Waals surface area contributed by atoms with E-state index in [1.165, 1.54) is 4.88 Å². The van der Waals surface area contributed by atoms with Gasteiger partial charge in [0.15, 0.2) is 5.52 Å². The Morgan fingerprint density at radius 1 is 1.40 bits per heavy atom. The predicted octanol–water partition coefficient (Wildman–Crippen LogP) is 2.00. The highest BCUT2D eigenvalue weighted by atomic mass is 32.1. The highest BCUT2D eigenvalue weighted by Crippen LogP contribution is 2.13. The highest BCUT2D eigenvalue weighted by molar-refractivity contribution is 7.09. The van der Waals surface area contributed by atoms with Gasteiger partial charge in [0.1, 0.15) is 5.52 Å². The van der Waals surface area contributed by atoms with Gasteiger partial charge in [-0.3, -0.25) is 14.0 Å². The van der Waals surface area contributed by atoms with Gasteiger partial charge >= 0.3 is 0 Å². The Morgan fingerprint density at radius 2 is 2.25 bits per heavy atom. The van der Waals surface area contributed by atoms with E-state index < -0.39 is 0 Å². The molecule has 0 N–H and O–H groups in total. The van der Waals surface area contributed by atoms with E-state index in [1.54, 1.807) is 34.0 Å². The Kier molecular flexibility index (Phi) is 3.40. The number of hydrogen-bond acceptors (Lipinski definition) is 4. The summed E-state index contributed by atoms with van der Waals surface area (Å²) in [7, 11) is 1.80. The van der Waals surface area contributed by atoms with E-state index in [1.807, 2.05) is 18.4 Å². The van der Waals surface area contributed by atoms with Gasteiger partial charge in [-0.15, -0.1) is 11.3 Å². The molecule has 0 bridgehead atoms. The van der Waals surface area contributed by atoms with Crippen LogP contribution in [0.25, 0.3) is 11.0 Å². The van der Waals surface area contributed by atoms with Gasteiger partial charge in [0, 0.05) is 18.5 Å². The third kappa shape index (κ3) is 2.16. The Hall–Kier alpha value is -1.95. The van der Waals surface area contributed by atoms with Crippen molar-refractivity contribution in [2.75, 3.05) is 0 Å². The van der Waals surface area contributed by atoms with E-state index in [0.29, 0.717) is 12.1 Å². The molecule has 0 saturated carbocycles. The van der Waals surface area contributed by atoms with Gasteiger partial charge in [-0.1, -0.05) is 13.0 Å². The lowest BCUT2D eigenvalue weighted by Gasteiger charge is -2.04. The number of aromatic nitrogens is 4. The maximum atomic E-state index is 12.5. The first-order chi connectivity index (χ1) is 9.70. The van der Waals surface area contributed by atoms with Crippen LogP contribution in [0.2, 0.25) is 0 Å². The zero-order valence-corrected chi connectivity index (χ0v) is 12.4. The molecule has 6 heteroatoms. The van der Waals surface area contributed by atoms with Crippen LogP contribution >= 0.6 is 11.3 Å².